The fourth-order valence-electron chi connectivity index (χ4n) is 3.03. The molecule has 0 atom stereocenters. The van der Waals surface area contributed by atoms with Crippen molar-refractivity contribution in [3.05, 3.63) is 29.3 Å². The molecule has 1 aromatic carbocycles. The molecule has 2 rings (SSSR count). The molecule has 1 heterocycles. The minimum absolute atomic E-state index is 0.733. The van der Waals surface area contributed by atoms with Gasteiger partial charge >= 0.3 is 0 Å². The van der Waals surface area contributed by atoms with Crippen molar-refractivity contribution in [1.29, 1.82) is 0 Å². The Hall–Kier alpha value is -1.36. The molecule has 0 saturated heterocycles. The number of hydrogen-bond donors (Lipinski definition) is 2. The molecule has 0 bridgehead atoms. The van der Waals surface area contributed by atoms with Crippen LogP contribution >= 0.6 is 11.8 Å². The van der Waals surface area contributed by atoms with E-state index in [9.17, 15) is 0 Å². The lowest BCUT2D eigenvalue weighted by molar-refractivity contribution is 0.733. The van der Waals surface area contributed by atoms with Gasteiger partial charge < -0.3 is 15.5 Å². The predicted molar refractivity (Wildman–Crippen MR) is 108 cm³/mol. The molecular formula is C19H32N4S. The fraction of sp³-hybridized carbons (Fsp3) is 0.632. The van der Waals surface area contributed by atoms with Crippen molar-refractivity contribution in [2.24, 2.45) is 4.99 Å². The van der Waals surface area contributed by atoms with Crippen LogP contribution in [-0.2, 0) is 13.0 Å². The second-order valence-electron chi connectivity index (χ2n) is 6.31. The molecule has 1 aromatic rings. The van der Waals surface area contributed by atoms with Crippen LogP contribution in [0.1, 0.15) is 37.3 Å². The number of fused-ring (bicyclic) bond motifs is 1. The first-order valence-corrected chi connectivity index (χ1v) is 10.5. The van der Waals surface area contributed by atoms with Crippen LogP contribution in [0, 0.1) is 0 Å². The van der Waals surface area contributed by atoms with Crippen LogP contribution in [0.5, 0.6) is 0 Å². The average Bonchev–Trinajstić information content (AvgIpc) is 2.59. The van der Waals surface area contributed by atoms with Crippen molar-refractivity contribution in [2.75, 3.05) is 43.6 Å². The van der Waals surface area contributed by atoms with E-state index in [0.29, 0.717) is 0 Å². The Morgan fingerprint density at radius 1 is 1.29 bits per heavy atom. The second kappa shape index (κ2) is 10.5. The highest BCUT2D eigenvalue weighted by Crippen LogP contribution is 2.26. The summed E-state index contributed by atoms with van der Waals surface area (Å²) in [7, 11) is 2.18. The van der Waals surface area contributed by atoms with Crippen LogP contribution in [0.2, 0.25) is 0 Å². The Kier molecular flexibility index (Phi) is 8.29. The molecule has 0 saturated carbocycles. The van der Waals surface area contributed by atoms with Gasteiger partial charge in [0.1, 0.15) is 0 Å². The number of hydrogen-bond acceptors (Lipinski definition) is 3. The first-order valence-electron chi connectivity index (χ1n) is 9.08. The number of aryl methyl sites for hydroxylation is 1. The monoisotopic (exact) mass is 348 g/mol. The van der Waals surface area contributed by atoms with Gasteiger partial charge in [-0.15, -0.1) is 0 Å². The maximum absolute atomic E-state index is 4.75. The zero-order valence-corrected chi connectivity index (χ0v) is 16.2. The number of rotatable bonds is 8. The predicted octanol–water partition coefficient (Wildman–Crippen LogP) is 3.27. The summed E-state index contributed by atoms with van der Waals surface area (Å²) in [5.74, 6) is 2.16. The summed E-state index contributed by atoms with van der Waals surface area (Å²) < 4.78 is 0. The zero-order chi connectivity index (χ0) is 17.2. The lowest BCUT2D eigenvalue weighted by Crippen LogP contribution is -2.37. The van der Waals surface area contributed by atoms with Gasteiger partial charge in [-0.3, -0.25) is 0 Å². The Bertz CT molecular complexity index is 530. The first kappa shape index (κ1) is 19.0. The molecule has 24 heavy (non-hydrogen) atoms. The van der Waals surface area contributed by atoms with Gasteiger partial charge in [0.15, 0.2) is 5.96 Å². The lowest BCUT2D eigenvalue weighted by Gasteiger charge is -2.27. The molecule has 1 aliphatic rings. The maximum atomic E-state index is 4.75. The van der Waals surface area contributed by atoms with E-state index in [1.54, 1.807) is 0 Å². The Balaban J connectivity index is 1.90. The van der Waals surface area contributed by atoms with Gasteiger partial charge in [-0.1, -0.05) is 12.1 Å². The Morgan fingerprint density at radius 3 is 2.96 bits per heavy atom. The Labute approximate surface area is 151 Å². The van der Waals surface area contributed by atoms with Crippen molar-refractivity contribution < 1.29 is 0 Å². The smallest absolute Gasteiger partial charge is 0.191 e. The molecule has 0 unspecified atom stereocenters. The van der Waals surface area contributed by atoms with Crippen LogP contribution in [0.4, 0.5) is 5.69 Å². The van der Waals surface area contributed by atoms with Gasteiger partial charge in [-0.05, 0) is 61.8 Å². The highest BCUT2D eigenvalue weighted by Gasteiger charge is 2.13. The van der Waals surface area contributed by atoms with Gasteiger partial charge in [0.05, 0.1) is 6.54 Å². The molecule has 1 aliphatic heterocycles. The summed E-state index contributed by atoms with van der Waals surface area (Å²) >= 11 is 1.91. The van der Waals surface area contributed by atoms with Crippen LogP contribution < -0.4 is 15.5 Å². The van der Waals surface area contributed by atoms with Crippen molar-refractivity contribution in [3.8, 4) is 0 Å². The number of aliphatic imine (C=N–C) groups is 1. The largest absolute Gasteiger partial charge is 0.374 e. The summed E-state index contributed by atoms with van der Waals surface area (Å²) in [6.45, 7) is 5.89. The van der Waals surface area contributed by atoms with E-state index in [2.05, 4.69) is 54.0 Å². The minimum atomic E-state index is 0.733. The van der Waals surface area contributed by atoms with Crippen molar-refractivity contribution >= 4 is 23.4 Å². The molecule has 0 amide bonds. The van der Waals surface area contributed by atoms with E-state index in [4.69, 9.17) is 4.99 Å². The van der Waals surface area contributed by atoms with E-state index in [1.165, 1.54) is 48.3 Å². The highest BCUT2D eigenvalue weighted by molar-refractivity contribution is 7.98. The number of guanidine groups is 1. The molecule has 0 spiro atoms. The third kappa shape index (κ3) is 5.93. The summed E-state index contributed by atoms with van der Waals surface area (Å²) in [5.41, 5.74) is 4.14. The SMILES string of the molecule is CCNC(=NCc1ccc2c(c1)CCCN2C)NCCCCSC. The molecule has 0 aromatic heterocycles. The fourth-order valence-corrected chi connectivity index (χ4v) is 3.52. The number of nitrogens with zero attached hydrogens (tertiary/aromatic N) is 2. The molecule has 5 heteroatoms. The molecular weight excluding hydrogens is 316 g/mol. The number of benzene rings is 1. The maximum Gasteiger partial charge on any atom is 0.191 e. The van der Waals surface area contributed by atoms with Gasteiger partial charge in [-0.2, -0.15) is 11.8 Å². The molecule has 0 aliphatic carbocycles. The van der Waals surface area contributed by atoms with E-state index < -0.39 is 0 Å². The zero-order valence-electron chi connectivity index (χ0n) is 15.4. The van der Waals surface area contributed by atoms with Crippen molar-refractivity contribution in [1.82, 2.24) is 10.6 Å². The number of thioether (sulfide) groups is 1. The summed E-state index contributed by atoms with van der Waals surface area (Å²) in [4.78, 5) is 7.10. The van der Waals surface area contributed by atoms with E-state index in [1.807, 2.05) is 11.8 Å². The second-order valence-corrected chi connectivity index (χ2v) is 7.30. The highest BCUT2D eigenvalue weighted by atomic mass is 32.2. The van der Waals surface area contributed by atoms with E-state index in [-0.39, 0.29) is 0 Å². The standard InChI is InChI=1S/C19H32N4S/c1-4-20-19(21-11-5-6-13-24-3)22-15-16-9-10-18-17(14-16)8-7-12-23(18)2/h9-10,14H,4-8,11-13,15H2,1-3H3,(H2,20,21,22). The van der Waals surface area contributed by atoms with Crippen molar-refractivity contribution in [3.63, 3.8) is 0 Å². The average molecular weight is 349 g/mol. The first-order chi connectivity index (χ1) is 11.7. The third-order valence-corrected chi connectivity index (χ3v) is 5.02. The summed E-state index contributed by atoms with van der Waals surface area (Å²) in [5, 5.41) is 6.78. The topological polar surface area (TPSA) is 39.7 Å². The van der Waals surface area contributed by atoms with Crippen LogP contribution in [0.3, 0.4) is 0 Å². The van der Waals surface area contributed by atoms with Gasteiger partial charge in [0, 0.05) is 32.4 Å². The van der Waals surface area contributed by atoms with E-state index >= 15 is 0 Å². The van der Waals surface area contributed by atoms with Gasteiger partial charge in [-0.25, -0.2) is 4.99 Å². The molecule has 0 fully saturated rings. The number of nitrogens with one attached hydrogen (secondary N) is 2. The third-order valence-electron chi connectivity index (χ3n) is 4.33. The molecule has 0 radical (unpaired) electrons. The Morgan fingerprint density at radius 2 is 2.17 bits per heavy atom. The van der Waals surface area contributed by atoms with Crippen molar-refractivity contribution in [2.45, 2.75) is 39.2 Å². The van der Waals surface area contributed by atoms with E-state index in [0.717, 1.165) is 32.1 Å². The summed E-state index contributed by atoms with van der Waals surface area (Å²) in [6.07, 6.45) is 7.04. The molecule has 2 N–H and O–H groups in total. The lowest BCUT2D eigenvalue weighted by atomic mass is 10.00. The molecule has 134 valence electrons. The summed E-state index contributed by atoms with van der Waals surface area (Å²) in [6, 6.07) is 6.80. The number of anilines is 1. The minimum Gasteiger partial charge on any atom is -0.374 e. The normalized spacial score (nSPS) is 14.5. The number of unbranched alkanes of at least 4 members (excludes halogenated alkanes) is 1. The van der Waals surface area contributed by atoms with Gasteiger partial charge in [0.2, 0.25) is 0 Å². The molecule has 4 nitrogen and oxygen atoms in total. The van der Waals surface area contributed by atoms with Crippen LogP contribution in [-0.4, -0.2) is 44.7 Å². The van der Waals surface area contributed by atoms with Crippen LogP contribution in [0.25, 0.3) is 0 Å². The van der Waals surface area contributed by atoms with Crippen LogP contribution in [0.15, 0.2) is 23.2 Å². The quantitative estimate of drug-likeness (QED) is 0.430. The van der Waals surface area contributed by atoms with Gasteiger partial charge in [0.25, 0.3) is 0 Å².